The minimum Gasteiger partial charge on any atom is -0.106 e. The summed E-state index contributed by atoms with van der Waals surface area (Å²) in [7, 11) is 0. The standard InChI is InChI=1S/2C3H7.C2H4.2CH3.2Al/c2*1-3-2;1-2;;;;/h2*1,3H2,2H3;1-2H2;2*1H3;;. The lowest BCUT2D eigenvalue weighted by atomic mass is 10.6. The maximum Gasteiger partial charge on any atom is 0.257 e. The van der Waals surface area contributed by atoms with Gasteiger partial charge in [-0.25, -0.2) is 0 Å². The molecule has 0 heterocycles. The Kier molecular flexibility index (Phi) is 9.42. The molecule has 0 atom stereocenters. The molecule has 0 saturated heterocycles. The van der Waals surface area contributed by atoms with Crippen LogP contribution in [-0.2, 0) is 0 Å². The van der Waals surface area contributed by atoms with Crippen molar-refractivity contribution in [3.8, 4) is 0 Å². The van der Waals surface area contributed by atoms with Crippen LogP contribution in [0.1, 0.15) is 26.7 Å². The summed E-state index contributed by atoms with van der Waals surface area (Å²) in [5, 5.41) is 6.43. The van der Waals surface area contributed by atoms with Gasteiger partial charge in [-0.2, -0.15) is 0 Å². The molecule has 0 saturated carbocycles. The van der Waals surface area contributed by atoms with Gasteiger partial charge < -0.3 is 0 Å². The van der Waals surface area contributed by atoms with Gasteiger partial charge in [-0.1, -0.05) is 37.3 Å². The predicted octanol–water partition coefficient (Wildman–Crippen LogP) is 4.06. The molecule has 0 aromatic carbocycles. The third-order valence-electron chi connectivity index (χ3n) is 2.72. The van der Waals surface area contributed by atoms with E-state index in [4.69, 9.17) is 0 Å². The van der Waals surface area contributed by atoms with Gasteiger partial charge in [0.1, 0.15) is 0 Å². The molecule has 0 aromatic heterocycles. The molecule has 0 radical (unpaired) electrons. The van der Waals surface area contributed by atoms with Gasteiger partial charge in [0, 0.05) is 0 Å². The second-order valence-corrected chi connectivity index (χ2v) is 11.1. The number of hydrogen-bond donors (Lipinski definition) is 0. The fourth-order valence-electron chi connectivity index (χ4n) is 1.84. The molecule has 2 heteroatoms. The van der Waals surface area contributed by atoms with Gasteiger partial charge in [0.05, 0.1) is 0 Å². The Hall–Kier alpha value is 1.06. The molecule has 70 valence electrons. The van der Waals surface area contributed by atoms with E-state index in [1.807, 2.05) is 0 Å². The molecular formula is C10H24Al2. The minimum absolute atomic E-state index is 0.249. The van der Waals surface area contributed by atoms with E-state index in [1.165, 1.54) is 12.8 Å². The minimum atomic E-state index is -0.249. The Bertz CT molecular complexity index is 81.8. The van der Waals surface area contributed by atoms with E-state index in [9.17, 15) is 0 Å². The second kappa shape index (κ2) is 8.65. The van der Waals surface area contributed by atoms with E-state index in [0.29, 0.717) is 0 Å². The Morgan fingerprint density at radius 3 is 1.25 bits per heavy atom. The molecule has 0 spiro atoms. The Morgan fingerprint density at radius 1 is 0.667 bits per heavy atom. The molecule has 0 unspecified atom stereocenters. The lowest BCUT2D eigenvalue weighted by Gasteiger charge is -2.06. The first-order chi connectivity index (χ1) is 5.70. The smallest absolute Gasteiger partial charge is 0.106 e. The van der Waals surface area contributed by atoms with Gasteiger partial charge in [0.25, 0.3) is 28.3 Å². The fraction of sp³-hybridized carbons (Fsp3) is 1.00. The van der Waals surface area contributed by atoms with Gasteiger partial charge in [-0.3, -0.25) is 0 Å². The van der Waals surface area contributed by atoms with Crippen molar-refractivity contribution in [3.63, 3.8) is 0 Å². The van der Waals surface area contributed by atoms with Crippen molar-refractivity contribution in [2.24, 2.45) is 0 Å². The van der Waals surface area contributed by atoms with Crippen molar-refractivity contribution in [2.75, 3.05) is 0 Å². The maximum atomic E-state index is 2.55. The van der Waals surface area contributed by atoms with Gasteiger partial charge in [0.2, 0.25) is 0 Å². The molecule has 0 N–H and O–H groups in total. The summed E-state index contributed by atoms with van der Waals surface area (Å²) < 4.78 is 0. The molecule has 0 rings (SSSR count). The first kappa shape index (κ1) is 13.1. The summed E-state index contributed by atoms with van der Waals surface area (Å²) in [6.45, 7) is 4.66. The quantitative estimate of drug-likeness (QED) is 0.541. The molecular weight excluding hydrogens is 174 g/mol. The van der Waals surface area contributed by atoms with Crippen molar-refractivity contribution >= 4 is 28.3 Å². The van der Waals surface area contributed by atoms with Gasteiger partial charge in [0.15, 0.2) is 0 Å². The van der Waals surface area contributed by atoms with E-state index in [-0.39, 0.29) is 28.3 Å². The average molecular weight is 198 g/mol. The second-order valence-electron chi connectivity index (χ2n) is 4.37. The molecule has 0 nitrogen and oxygen atoms in total. The maximum absolute atomic E-state index is 2.55. The largest absolute Gasteiger partial charge is 0.257 e. The van der Waals surface area contributed by atoms with Crippen LogP contribution in [0.5, 0.6) is 0 Å². The van der Waals surface area contributed by atoms with E-state index in [1.54, 1.807) is 21.1 Å². The van der Waals surface area contributed by atoms with Gasteiger partial charge >= 0.3 is 0 Å². The third kappa shape index (κ3) is 7.70. The number of rotatable bonds is 7. The van der Waals surface area contributed by atoms with Crippen LogP contribution < -0.4 is 0 Å². The average Bonchev–Trinajstić information content (AvgIpc) is 2.02. The van der Waals surface area contributed by atoms with Crippen molar-refractivity contribution < 1.29 is 0 Å². The van der Waals surface area contributed by atoms with Crippen molar-refractivity contribution in [3.05, 3.63) is 0 Å². The van der Waals surface area contributed by atoms with E-state index in [2.05, 4.69) is 25.4 Å². The topological polar surface area (TPSA) is 0 Å². The molecule has 0 aliphatic rings. The highest BCUT2D eigenvalue weighted by atomic mass is 27.2. The predicted molar refractivity (Wildman–Crippen MR) is 63.0 cm³/mol. The Morgan fingerprint density at radius 2 is 1.00 bits per heavy atom. The van der Waals surface area contributed by atoms with Crippen LogP contribution >= 0.6 is 0 Å². The van der Waals surface area contributed by atoms with E-state index in [0.717, 1.165) is 0 Å². The summed E-state index contributed by atoms with van der Waals surface area (Å²) in [5.41, 5.74) is 0. The number of hydrogen-bond acceptors (Lipinski definition) is 0. The molecule has 0 amide bonds. The van der Waals surface area contributed by atoms with Gasteiger partial charge in [-0.15, -0.1) is 22.1 Å². The Labute approximate surface area is 87.5 Å². The third-order valence-corrected chi connectivity index (χ3v) is 9.15. The van der Waals surface area contributed by atoms with Crippen molar-refractivity contribution in [1.29, 1.82) is 0 Å². The summed E-state index contributed by atoms with van der Waals surface area (Å²) >= 11 is -0.497. The molecule has 0 fully saturated rings. The normalized spacial score (nSPS) is 10.0. The van der Waals surface area contributed by atoms with Crippen molar-refractivity contribution in [1.82, 2.24) is 0 Å². The molecule has 12 heavy (non-hydrogen) atoms. The van der Waals surface area contributed by atoms with Gasteiger partial charge in [-0.05, 0) is 0 Å². The van der Waals surface area contributed by atoms with Crippen LogP contribution in [0.4, 0.5) is 0 Å². The molecule has 0 bridgehead atoms. The zero-order valence-corrected chi connectivity index (χ0v) is 11.7. The van der Waals surface area contributed by atoms with Crippen LogP contribution in [0.2, 0.25) is 32.7 Å². The summed E-state index contributed by atoms with van der Waals surface area (Å²) in [6, 6.07) is 0. The summed E-state index contributed by atoms with van der Waals surface area (Å²) in [4.78, 5) is 0. The molecule has 0 aliphatic heterocycles. The molecule has 0 aromatic rings. The Balaban J connectivity index is 3.27. The SMILES string of the molecule is CC[CH2][Al]([CH3])[CH2][CH2][Al]([CH3])[CH2]CC. The van der Waals surface area contributed by atoms with E-state index < -0.39 is 0 Å². The van der Waals surface area contributed by atoms with Crippen LogP contribution in [-0.4, -0.2) is 28.3 Å². The monoisotopic (exact) mass is 198 g/mol. The summed E-state index contributed by atoms with van der Waals surface area (Å²) in [6.07, 6.45) is 2.86. The zero-order valence-electron chi connectivity index (χ0n) is 9.40. The lowest BCUT2D eigenvalue weighted by molar-refractivity contribution is 1.04. The van der Waals surface area contributed by atoms with Crippen LogP contribution in [0, 0.1) is 0 Å². The zero-order chi connectivity index (χ0) is 9.40. The van der Waals surface area contributed by atoms with Crippen LogP contribution in [0.3, 0.4) is 0 Å². The van der Waals surface area contributed by atoms with Crippen molar-refractivity contribution in [2.45, 2.75) is 59.4 Å². The first-order valence-corrected chi connectivity index (χ1v) is 11.3. The summed E-state index contributed by atoms with van der Waals surface area (Å²) in [5.74, 6) is 5.10. The first-order valence-electron chi connectivity index (χ1n) is 5.70. The molecule has 0 aliphatic carbocycles. The van der Waals surface area contributed by atoms with E-state index >= 15 is 0 Å². The fourth-order valence-corrected chi connectivity index (χ4v) is 8.94. The highest BCUT2D eigenvalue weighted by Crippen LogP contribution is 2.11. The lowest BCUT2D eigenvalue weighted by Crippen LogP contribution is -2.12. The van der Waals surface area contributed by atoms with Crippen LogP contribution in [0.15, 0.2) is 0 Å². The van der Waals surface area contributed by atoms with Crippen LogP contribution in [0.25, 0.3) is 0 Å². The highest BCUT2D eigenvalue weighted by Gasteiger charge is 2.13. The highest BCUT2D eigenvalue weighted by molar-refractivity contribution is 6.63.